The number of imide groups is 1. The third kappa shape index (κ3) is 5.68. The highest BCUT2D eigenvalue weighted by Gasteiger charge is 2.33. The van der Waals surface area contributed by atoms with Crippen molar-refractivity contribution in [3.8, 4) is 0 Å². The molecule has 0 radical (unpaired) electrons. The van der Waals surface area contributed by atoms with E-state index in [0.29, 0.717) is 12.1 Å². The summed E-state index contributed by atoms with van der Waals surface area (Å²) in [5.41, 5.74) is 5.77. The van der Waals surface area contributed by atoms with Crippen molar-refractivity contribution in [2.75, 3.05) is 10.6 Å². The zero-order valence-electron chi connectivity index (χ0n) is 15.3. The molecule has 0 aliphatic rings. The fraction of sp³-hybridized carbons (Fsp3) is 0.500. The number of nitrogen functional groups attached to an aromatic ring is 1. The normalized spacial score (nSPS) is 11.8. The van der Waals surface area contributed by atoms with E-state index in [1.807, 2.05) is 13.8 Å². The molecule has 0 aliphatic carbocycles. The Labute approximate surface area is 143 Å². The van der Waals surface area contributed by atoms with Crippen LogP contribution < -0.4 is 16.0 Å². The van der Waals surface area contributed by atoms with Crippen LogP contribution in [0.1, 0.15) is 48.0 Å². The molecule has 3 N–H and O–H groups in total. The molecule has 0 unspecified atom stereocenters. The van der Waals surface area contributed by atoms with Gasteiger partial charge in [0, 0.05) is 18.2 Å². The van der Waals surface area contributed by atoms with Crippen molar-refractivity contribution in [3.63, 3.8) is 0 Å². The van der Waals surface area contributed by atoms with Crippen LogP contribution in [-0.2, 0) is 14.4 Å². The Kier molecular flexibility index (Phi) is 5.76. The zero-order valence-corrected chi connectivity index (χ0v) is 15.3. The molecule has 3 amide bonds. The maximum Gasteiger partial charge on any atom is 0.323 e. The molecular weight excluding hydrogens is 306 g/mol. The minimum atomic E-state index is -0.921. The Bertz CT molecular complexity index is 645. The number of hydrogen-bond acceptors (Lipinski definition) is 4. The minimum absolute atomic E-state index is 0.0199. The lowest BCUT2D eigenvalue weighted by Crippen LogP contribution is -2.53. The summed E-state index contributed by atoms with van der Waals surface area (Å²) in [6.45, 7) is 11.1. The highest BCUT2D eigenvalue weighted by molar-refractivity contribution is 6.45. The molecule has 132 valence electrons. The molecule has 0 aromatic heterocycles. The van der Waals surface area contributed by atoms with Gasteiger partial charge in [-0.2, -0.15) is 0 Å². The molecule has 1 rings (SSSR count). The molecule has 0 spiro atoms. The number of amides is 3. The predicted molar refractivity (Wildman–Crippen MR) is 95.3 cm³/mol. The summed E-state index contributed by atoms with van der Waals surface area (Å²) in [5, 5.41) is 2.72. The summed E-state index contributed by atoms with van der Waals surface area (Å²) in [6.07, 6.45) is 0.678. The van der Waals surface area contributed by atoms with E-state index in [2.05, 4.69) is 26.1 Å². The van der Waals surface area contributed by atoms with Crippen molar-refractivity contribution in [3.05, 3.63) is 24.3 Å². The van der Waals surface area contributed by atoms with Crippen molar-refractivity contribution in [1.29, 1.82) is 0 Å². The van der Waals surface area contributed by atoms with Crippen LogP contribution in [0.2, 0.25) is 0 Å². The second-order valence-electron chi connectivity index (χ2n) is 7.83. The van der Waals surface area contributed by atoms with Crippen LogP contribution in [0.15, 0.2) is 24.3 Å². The van der Waals surface area contributed by atoms with Crippen LogP contribution in [0, 0.1) is 5.41 Å². The number of nitrogens with one attached hydrogen (secondary N) is 1. The Morgan fingerprint density at radius 1 is 1.12 bits per heavy atom. The number of carbonyl (C=O) groups excluding carboxylic acids is 3. The summed E-state index contributed by atoms with van der Waals surface area (Å²) >= 11 is 0. The molecular formula is C18H27N3O3. The van der Waals surface area contributed by atoms with Gasteiger partial charge in [0.2, 0.25) is 5.91 Å². The fourth-order valence-corrected chi connectivity index (χ4v) is 2.94. The predicted octanol–water partition coefficient (Wildman–Crippen LogP) is 2.48. The van der Waals surface area contributed by atoms with Crippen molar-refractivity contribution in [2.24, 2.45) is 5.41 Å². The van der Waals surface area contributed by atoms with E-state index in [0.717, 1.165) is 4.90 Å². The molecule has 1 aromatic carbocycles. The standard InChI is InChI=1S/C18H27N3O3/c1-12(22)21(14-9-7-8-13(19)10-14)16(24)15(23)20-18(5,6)11-17(2,3)4/h7-10H,11,19H2,1-6H3,(H,20,23). The molecule has 6 heteroatoms. The second-order valence-corrected chi connectivity index (χ2v) is 7.83. The third-order valence-corrected chi connectivity index (χ3v) is 3.26. The number of carbonyl (C=O) groups is 3. The number of nitrogens with zero attached hydrogens (tertiary/aromatic N) is 1. The van der Waals surface area contributed by atoms with E-state index in [9.17, 15) is 14.4 Å². The molecule has 0 bridgehead atoms. The van der Waals surface area contributed by atoms with Crippen LogP contribution in [0.3, 0.4) is 0 Å². The monoisotopic (exact) mass is 333 g/mol. The number of hydrogen-bond donors (Lipinski definition) is 2. The van der Waals surface area contributed by atoms with Gasteiger partial charge >= 0.3 is 11.8 Å². The van der Waals surface area contributed by atoms with E-state index in [-0.39, 0.29) is 11.1 Å². The van der Waals surface area contributed by atoms with Crippen LogP contribution in [-0.4, -0.2) is 23.3 Å². The fourth-order valence-electron chi connectivity index (χ4n) is 2.94. The third-order valence-electron chi connectivity index (χ3n) is 3.26. The highest BCUT2D eigenvalue weighted by Crippen LogP contribution is 2.27. The molecule has 0 saturated heterocycles. The maximum absolute atomic E-state index is 12.5. The van der Waals surface area contributed by atoms with Crippen molar-refractivity contribution < 1.29 is 14.4 Å². The van der Waals surface area contributed by atoms with Gasteiger partial charge in [0.15, 0.2) is 0 Å². The molecule has 1 aromatic rings. The zero-order chi connectivity index (χ0) is 18.7. The molecule has 0 atom stereocenters. The summed E-state index contributed by atoms with van der Waals surface area (Å²) in [4.78, 5) is 37.6. The Morgan fingerprint density at radius 3 is 2.17 bits per heavy atom. The van der Waals surface area contributed by atoms with Crippen LogP contribution in [0.4, 0.5) is 11.4 Å². The van der Waals surface area contributed by atoms with Gasteiger partial charge in [0.1, 0.15) is 0 Å². The number of rotatable bonds is 3. The van der Waals surface area contributed by atoms with Crippen LogP contribution in [0.5, 0.6) is 0 Å². The van der Waals surface area contributed by atoms with E-state index >= 15 is 0 Å². The summed E-state index contributed by atoms with van der Waals surface area (Å²) in [6, 6.07) is 6.30. The van der Waals surface area contributed by atoms with Gasteiger partial charge in [-0.25, -0.2) is 4.90 Å². The highest BCUT2D eigenvalue weighted by atomic mass is 16.2. The molecule has 0 heterocycles. The lowest BCUT2D eigenvalue weighted by Gasteiger charge is -2.33. The van der Waals surface area contributed by atoms with E-state index in [4.69, 9.17) is 5.73 Å². The molecule has 0 saturated carbocycles. The van der Waals surface area contributed by atoms with E-state index in [1.54, 1.807) is 18.2 Å². The molecule has 0 aliphatic heterocycles. The van der Waals surface area contributed by atoms with Crippen molar-refractivity contribution in [1.82, 2.24) is 5.32 Å². The van der Waals surface area contributed by atoms with Gasteiger partial charge in [-0.15, -0.1) is 0 Å². The Hall–Kier alpha value is -2.37. The minimum Gasteiger partial charge on any atom is -0.399 e. The average Bonchev–Trinajstić information content (AvgIpc) is 2.34. The summed E-state index contributed by atoms with van der Waals surface area (Å²) in [5.74, 6) is -2.29. The second kappa shape index (κ2) is 7.03. The largest absolute Gasteiger partial charge is 0.399 e. The lowest BCUT2D eigenvalue weighted by molar-refractivity contribution is -0.140. The number of anilines is 2. The summed E-state index contributed by atoms with van der Waals surface area (Å²) in [7, 11) is 0. The van der Waals surface area contributed by atoms with Crippen molar-refractivity contribution >= 4 is 29.1 Å². The molecule has 6 nitrogen and oxygen atoms in total. The Balaban J connectivity index is 3.00. The first-order chi connectivity index (χ1) is 10.8. The number of benzene rings is 1. The first kappa shape index (κ1) is 19.7. The van der Waals surface area contributed by atoms with Gasteiger partial charge in [-0.05, 0) is 43.9 Å². The van der Waals surface area contributed by atoms with Gasteiger partial charge in [-0.1, -0.05) is 26.8 Å². The average molecular weight is 333 g/mol. The topological polar surface area (TPSA) is 92.5 Å². The van der Waals surface area contributed by atoms with Crippen LogP contribution >= 0.6 is 0 Å². The lowest BCUT2D eigenvalue weighted by atomic mass is 9.82. The van der Waals surface area contributed by atoms with Gasteiger partial charge in [0.05, 0.1) is 5.69 Å². The van der Waals surface area contributed by atoms with E-state index < -0.39 is 23.3 Å². The number of nitrogens with two attached hydrogens (primary N) is 1. The van der Waals surface area contributed by atoms with E-state index in [1.165, 1.54) is 13.0 Å². The van der Waals surface area contributed by atoms with Gasteiger partial charge in [-0.3, -0.25) is 14.4 Å². The molecule has 24 heavy (non-hydrogen) atoms. The SMILES string of the molecule is CC(=O)N(C(=O)C(=O)NC(C)(C)CC(C)(C)C)c1cccc(N)c1. The van der Waals surface area contributed by atoms with Crippen molar-refractivity contribution in [2.45, 2.75) is 53.5 Å². The van der Waals surface area contributed by atoms with Crippen LogP contribution in [0.25, 0.3) is 0 Å². The van der Waals surface area contributed by atoms with Gasteiger partial charge < -0.3 is 11.1 Å². The summed E-state index contributed by atoms with van der Waals surface area (Å²) < 4.78 is 0. The van der Waals surface area contributed by atoms with Gasteiger partial charge in [0.25, 0.3) is 0 Å². The maximum atomic E-state index is 12.5. The Morgan fingerprint density at radius 2 is 1.71 bits per heavy atom. The molecule has 0 fully saturated rings. The first-order valence-corrected chi connectivity index (χ1v) is 7.85. The smallest absolute Gasteiger partial charge is 0.323 e. The quantitative estimate of drug-likeness (QED) is 0.656. The first-order valence-electron chi connectivity index (χ1n) is 7.85.